The predicted octanol–water partition coefficient (Wildman–Crippen LogP) is 2.80. The predicted molar refractivity (Wildman–Crippen MR) is 82.3 cm³/mol. The number of hydrogen-bond acceptors (Lipinski definition) is 4. The fraction of sp³-hybridized carbons (Fsp3) is 0.667. The van der Waals surface area contributed by atoms with Crippen LogP contribution in [0.5, 0.6) is 0 Å². The molecule has 1 aliphatic carbocycles. The molecule has 110 valence electrons. The molecule has 0 amide bonds. The van der Waals surface area contributed by atoms with Gasteiger partial charge in [-0.15, -0.1) is 11.3 Å². The topological polar surface area (TPSA) is 49.6 Å². The molecule has 3 rings (SSSR count). The number of aryl methyl sites for hydroxylation is 2. The summed E-state index contributed by atoms with van der Waals surface area (Å²) in [7, 11) is 0. The van der Waals surface area contributed by atoms with E-state index in [1.165, 1.54) is 30.7 Å². The van der Waals surface area contributed by atoms with Crippen molar-refractivity contribution in [2.24, 2.45) is 0 Å². The number of imidazole rings is 1. The van der Waals surface area contributed by atoms with Crippen LogP contribution in [0, 0.1) is 13.8 Å². The van der Waals surface area contributed by atoms with E-state index in [-0.39, 0.29) is 12.1 Å². The average Bonchev–Trinajstić information content (AvgIpc) is 2.97. The molecule has 2 N–H and O–H groups in total. The summed E-state index contributed by atoms with van der Waals surface area (Å²) in [6, 6.07) is 0. The summed E-state index contributed by atoms with van der Waals surface area (Å²) < 4.78 is 2.24. The molecule has 2 aromatic rings. The standard InChI is InChI=1S/C15H23N3OS/c1-11-9-20-14-17-12(2)13(18(11)14)8-16-15(10-19)6-4-3-5-7-15/h9,16,19H,3-8,10H2,1-2H3. The molecule has 1 aliphatic rings. The molecule has 0 spiro atoms. The van der Waals surface area contributed by atoms with E-state index in [0.717, 1.165) is 30.0 Å². The Morgan fingerprint density at radius 1 is 1.35 bits per heavy atom. The zero-order valence-electron chi connectivity index (χ0n) is 12.3. The first-order valence-corrected chi connectivity index (χ1v) is 8.31. The summed E-state index contributed by atoms with van der Waals surface area (Å²) in [5.41, 5.74) is 3.48. The van der Waals surface area contributed by atoms with Crippen molar-refractivity contribution in [2.45, 2.75) is 58.0 Å². The minimum atomic E-state index is -0.0846. The first-order valence-electron chi connectivity index (χ1n) is 7.43. The van der Waals surface area contributed by atoms with Crippen LogP contribution in [0.1, 0.15) is 49.2 Å². The van der Waals surface area contributed by atoms with Crippen molar-refractivity contribution in [1.82, 2.24) is 14.7 Å². The lowest BCUT2D eigenvalue weighted by Gasteiger charge is -2.36. The molecule has 1 fully saturated rings. The molecule has 5 heteroatoms. The third-order valence-electron chi connectivity index (χ3n) is 4.57. The van der Waals surface area contributed by atoms with Gasteiger partial charge in [-0.3, -0.25) is 4.40 Å². The van der Waals surface area contributed by atoms with E-state index in [1.54, 1.807) is 11.3 Å². The maximum atomic E-state index is 9.78. The van der Waals surface area contributed by atoms with Gasteiger partial charge in [-0.2, -0.15) is 0 Å². The number of rotatable bonds is 4. The molecule has 0 unspecified atom stereocenters. The highest BCUT2D eigenvalue weighted by Crippen LogP contribution is 2.29. The number of aliphatic hydroxyl groups excluding tert-OH is 1. The molecule has 1 saturated carbocycles. The lowest BCUT2D eigenvalue weighted by molar-refractivity contribution is 0.119. The monoisotopic (exact) mass is 293 g/mol. The number of fused-ring (bicyclic) bond motifs is 1. The van der Waals surface area contributed by atoms with E-state index in [9.17, 15) is 5.11 Å². The zero-order chi connectivity index (χ0) is 14.2. The molecule has 0 aliphatic heterocycles. The first-order chi connectivity index (χ1) is 9.65. The SMILES string of the molecule is Cc1nc2scc(C)n2c1CNC1(CO)CCCCC1. The summed E-state index contributed by atoms with van der Waals surface area (Å²) in [6.45, 7) is 5.21. The van der Waals surface area contributed by atoms with Crippen molar-refractivity contribution < 1.29 is 5.11 Å². The van der Waals surface area contributed by atoms with E-state index in [1.807, 2.05) is 0 Å². The van der Waals surface area contributed by atoms with Gasteiger partial charge in [-0.1, -0.05) is 19.3 Å². The van der Waals surface area contributed by atoms with Crippen LogP contribution in [-0.4, -0.2) is 26.6 Å². The van der Waals surface area contributed by atoms with Crippen LogP contribution in [0.3, 0.4) is 0 Å². The molecule has 0 bridgehead atoms. The third-order valence-corrected chi connectivity index (χ3v) is 5.52. The van der Waals surface area contributed by atoms with E-state index in [4.69, 9.17) is 0 Å². The molecule has 0 saturated heterocycles. The maximum Gasteiger partial charge on any atom is 0.194 e. The zero-order valence-corrected chi connectivity index (χ0v) is 13.1. The van der Waals surface area contributed by atoms with Crippen LogP contribution in [0.2, 0.25) is 0 Å². The van der Waals surface area contributed by atoms with E-state index in [2.05, 4.69) is 33.9 Å². The molecular weight excluding hydrogens is 270 g/mol. The number of nitrogens with zero attached hydrogens (tertiary/aromatic N) is 2. The number of aromatic nitrogens is 2. The highest BCUT2D eigenvalue weighted by atomic mass is 32.1. The van der Waals surface area contributed by atoms with E-state index >= 15 is 0 Å². The molecule has 20 heavy (non-hydrogen) atoms. The third kappa shape index (κ3) is 2.38. The van der Waals surface area contributed by atoms with Crippen LogP contribution in [-0.2, 0) is 6.54 Å². The summed E-state index contributed by atoms with van der Waals surface area (Å²) in [6.07, 6.45) is 5.88. The van der Waals surface area contributed by atoms with Gasteiger partial charge in [-0.05, 0) is 26.7 Å². The Labute approximate surface area is 123 Å². The Bertz CT molecular complexity index is 596. The fourth-order valence-electron chi connectivity index (χ4n) is 3.27. The smallest absolute Gasteiger partial charge is 0.194 e. The Morgan fingerprint density at radius 3 is 2.80 bits per heavy atom. The van der Waals surface area contributed by atoms with Crippen LogP contribution in [0.25, 0.3) is 4.96 Å². The number of hydrogen-bond donors (Lipinski definition) is 2. The summed E-state index contributed by atoms with van der Waals surface area (Å²) in [4.78, 5) is 5.69. The van der Waals surface area contributed by atoms with Gasteiger partial charge in [0.2, 0.25) is 0 Å². The van der Waals surface area contributed by atoms with Crippen LogP contribution in [0.4, 0.5) is 0 Å². The van der Waals surface area contributed by atoms with Gasteiger partial charge in [0.05, 0.1) is 18.0 Å². The lowest BCUT2D eigenvalue weighted by atomic mass is 9.82. The van der Waals surface area contributed by atoms with Crippen molar-refractivity contribution >= 4 is 16.3 Å². The highest BCUT2D eigenvalue weighted by Gasteiger charge is 2.31. The number of nitrogens with one attached hydrogen (secondary N) is 1. The van der Waals surface area contributed by atoms with Crippen LogP contribution in [0.15, 0.2) is 5.38 Å². The second-order valence-electron chi connectivity index (χ2n) is 5.99. The molecule has 4 nitrogen and oxygen atoms in total. The lowest BCUT2D eigenvalue weighted by Crippen LogP contribution is -2.49. The Morgan fingerprint density at radius 2 is 2.10 bits per heavy atom. The largest absolute Gasteiger partial charge is 0.394 e. The summed E-state index contributed by atoms with van der Waals surface area (Å²) >= 11 is 1.69. The van der Waals surface area contributed by atoms with Crippen molar-refractivity contribution in [3.05, 3.63) is 22.5 Å². The average molecular weight is 293 g/mol. The number of aliphatic hydroxyl groups is 1. The van der Waals surface area contributed by atoms with Gasteiger partial charge < -0.3 is 10.4 Å². The van der Waals surface area contributed by atoms with Crippen molar-refractivity contribution in [2.75, 3.05) is 6.61 Å². The minimum absolute atomic E-state index is 0.0846. The second-order valence-corrected chi connectivity index (χ2v) is 6.83. The highest BCUT2D eigenvalue weighted by molar-refractivity contribution is 7.15. The first kappa shape index (κ1) is 14.0. The fourth-order valence-corrected chi connectivity index (χ4v) is 4.20. The molecule has 0 atom stereocenters. The van der Waals surface area contributed by atoms with Gasteiger partial charge >= 0.3 is 0 Å². The second kappa shape index (κ2) is 5.47. The minimum Gasteiger partial charge on any atom is -0.394 e. The molecule has 2 aromatic heterocycles. The van der Waals surface area contributed by atoms with Crippen molar-refractivity contribution in [3.63, 3.8) is 0 Å². The summed E-state index contributed by atoms with van der Waals surface area (Å²) in [5.74, 6) is 0. The molecule has 0 radical (unpaired) electrons. The molecule has 0 aromatic carbocycles. The van der Waals surface area contributed by atoms with E-state index in [0.29, 0.717) is 0 Å². The van der Waals surface area contributed by atoms with Gasteiger partial charge in [0.15, 0.2) is 4.96 Å². The van der Waals surface area contributed by atoms with Gasteiger partial charge in [0.1, 0.15) is 0 Å². The van der Waals surface area contributed by atoms with Gasteiger partial charge in [-0.25, -0.2) is 4.98 Å². The quantitative estimate of drug-likeness (QED) is 0.911. The molecule has 2 heterocycles. The van der Waals surface area contributed by atoms with Gasteiger partial charge in [0, 0.05) is 23.2 Å². The normalized spacial score (nSPS) is 18.8. The summed E-state index contributed by atoms with van der Waals surface area (Å²) in [5, 5.41) is 15.6. The van der Waals surface area contributed by atoms with Crippen LogP contribution < -0.4 is 5.32 Å². The van der Waals surface area contributed by atoms with Crippen LogP contribution >= 0.6 is 11.3 Å². The van der Waals surface area contributed by atoms with Crippen molar-refractivity contribution in [1.29, 1.82) is 0 Å². The number of thiazole rings is 1. The Balaban J connectivity index is 1.82. The van der Waals surface area contributed by atoms with Gasteiger partial charge in [0.25, 0.3) is 0 Å². The van der Waals surface area contributed by atoms with E-state index < -0.39 is 0 Å². The Hall–Kier alpha value is -0.910. The maximum absolute atomic E-state index is 9.78. The molecular formula is C15H23N3OS. The van der Waals surface area contributed by atoms with Crippen molar-refractivity contribution in [3.8, 4) is 0 Å². The Kier molecular flexibility index (Phi) is 3.84.